The number of benzene rings is 3. The number of carbonyl (C=O) groups excluding carboxylic acids is 1. The maximum atomic E-state index is 12.6. The molecule has 31 heavy (non-hydrogen) atoms. The van der Waals surface area contributed by atoms with E-state index in [-0.39, 0.29) is 18.2 Å². The zero-order chi connectivity index (χ0) is 21.4. The van der Waals surface area contributed by atoms with Crippen molar-refractivity contribution in [1.82, 2.24) is 4.98 Å². The van der Waals surface area contributed by atoms with Crippen LogP contribution >= 0.6 is 0 Å². The summed E-state index contributed by atoms with van der Waals surface area (Å²) in [5.74, 6) is -1.12. The highest BCUT2D eigenvalue weighted by Gasteiger charge is 2.29. The van der Waals surface area contributed by atoms with Gasteiger partial charge in [-0.1, -0.05) is 60.7 Å². The number of aromatic carboxylic acids is 1. The Morgan fingerprint density at radius 3 is 2.29 bits per heavy atom. The minimum absolute atomic E-state index is 0.0227. The van der Waals surface area contributed by atoms with Crippen molar-refractivity contribution >= 4 is 28.5 Å². The number of carboxylic acid groups (broad SMARTS) is 1. The molecule has 0 spiro atoms. The van der Waals surface area contributed by atoms with Crippen molar-refractivity contribution < 1.29 is 19.4 Å². The monoisotopic (exact) mass is 410 g/mol. The van der Waals surface area contributed by atoms with E-state index in [1.165, 1.54) is 23.4 Å². The van der Waals surface area contributed by atoms with Crippen LogP contribution in [0.4, 0.5) is 10.5 Å². The standard InChI is InChI=1S/C25H18N2O4/c28-24(29)23-12-15-6-5-11-22(20(15)13-26-23)27-25(30)31-14-21-18-9-3-1-7-16(18)17-8-2-4-10-19(17)21/h1-13,21H,14H2,(H,27,30)(H,28,29). The molecule has 1 aliphatic rings. The van der Waals surface area contributed by atoms with Crippen LogP contribution in [0.15, 0.2) is 79.0 Å². The van der Waals surface area contributed by atoms with Gasteiger partial charge >= 0.3 is 12.1 Å². The second-order valence-electron chi connectivity index (χ2n) is 7.35. The van der Waals surface area contributed by atoms with Crippen LogP contribution in [0.1, 0.15) is 27.5 Å². The van der Waals surface area contributed by atoms with E-state index >= 15 is 0 Å². The number of hydrogen-bond donors (Lipinski definition) is 2. The molecule has 0 saturated carbocycles. The van der Waals surface area contributed by atoms with Crippen molar-refractivity contribution in [3.05, 3.63) is 95.8 Å². The fourth-order valence-electron chi connectivity index (χ4n) is 4.14. The van der Waals surface area contributed by atoms with Crippen LogP contribution in [0.25, 0.3) is 21.9 Å². The zero-order valence-electron chi connectivity index (χ0n) is 16.4. The summed E-state index contributed by atoms with van der Waals surface area (Å²) in [6.45, 7) is 0.214. The molecule has 0 atom stereocenters. The van der Waals surface area contributed by atoms with Crippen LogP contribution in [-0.2, 0) is 4.74 Å². The van der Waals surface area contributed by atoms with Gasteiger partial charge < -0.3 is 9.84 Å². The van der Waals surface area contributed by atoms with Gasteiger partial charge in [-0.3, -0.25) is 5.32 Å². The minimum Gasteiger partial charge on any atom is -0.477 e. The predicted molar refractivity (Wildman–Crippen MR) is 117 cm³/mol. The lowest BCUT2D eigenvalue weighted by Crippen LogP contribution is -2.18. The summed E-state index contributed by atoms with van der Waals surface area (Å²) in [5.41, 5.74) is 5.09. The van der Waals surface area contributed by atoms with E-state index in [2.05, 4.69) is 34.6 Å². The Labute approximate surface area is 178 Å². The zero-order valence-corrected chi connectivity index (χ0v) is 16.4. The first-order valence-corrected chi connectivity index (χ1v) is 9.86. The number of carbonyl (C=O) groups is 2. The van der Waals surface area contributed by atoms with Gasteiger partial charge in [0.25, 0.3) is 0 Å². The molecule has 1 aliphatic carbocycles. The lowest BCUT2D eigenvalue weighted by molar-refractivity contribution is 0.0690. The SMILES string of the molecule is O=C(Nc1cccc2cc(C(=O)O)ncc12)OCC1c2ccccc2-c2ccccc21. The number of pyridine rings is 1. The molecule has 3 aromatic carbocycles. The second kappa shape index (κ2) is 7.57. The molecule has 0 bridgehead atoms. The Balaban J connectivity index is 1.35. The molecule has 6 nitrogen and oxygen atoms in total. The van der Waals surface area contributed by atoms with Gasteiger partial charge in [0.1, 0.15) is 12.3 Å². The Hall–Kier alpha value is -4.19. The van der Waals surface area contributed by atoms with E-state index < -0.39 is 12.1 Å². The summed E-state index contributed by atoms with van der Waals surface area (Å²) in [5, 5.41) is 13.2. The van der Waals surface area contributed by atoms with Crippen LogP contribution < -0.4 is 5.32 Å². The topological polar surface area (TPSA) is 88.5 Å². The summed E-state index contributed by atoms with van der Waals surface area (Å²) < 4.78 is 5.59. The lowest BCUT2D eigenvalue weighted by Gasteiger charge is -2.15. The first-order chi connectivity index (χ1) is 15.1. The third kappa shape index (κ3) is 3.38. The number of ether oxygens (including phenoxy) is 1. The predicted octanol–water partition coefficient (Wildman–Crippen LogP) is 5.29. The van der Waals surface area contributed by atoms with E-state index in [0.717, 1.165) is 11.1 Å². The van der Waals surface area contributed by atoms with Crippen LogP contribution in [0.3, 0.4) is 0 Å². The minimum atomic E-state index is -1.10. The highest BCUT2D eigenvalue weighted by molar-refractivity contribution is 6.01. The van der Waals surface area contributed by atoms with Gasteiger partial charge in [0, 0.05) is 17.5 Å². The summed E-state index contributed by atoms with van der Waals surface area (Å²) >= 11 is 0. The van der Waals surface area contributed by atoms with Gasteiger partial charge in [-0.05, 0) is 39.8 Å². The van der Waals surface area contributed by atoms with Crippen molar-refractivity contribution in [3.63, 3.8) is 0 Å². The normalized spacial score (nSPS) is 12.3. The maximum Gasteiger partial charge on any atom is 0.411 e. The number of rotatable bonds is 4. The number of anilines is 1. The number of hydrogen-bond acceptors (Lipinski definition) is 4. The van der Waals surface area contributed by atoms with E-state index in [0.29, 0.717) is 16.5 Å². The van der Waals surface area contributed by atoms with E-state index in [1.807, 2.05) is 24.3 Å². The van der Waals surface area contributed by atoms with Gasteiger partial charge in [-0.15, -0.1) is 0 Å². The van der Waals surface area contributed by atoms with Crippen LogP contribution in [0.2, 0.25) is 0 Å². The Morgan fingerprint density at radius 2 is 1.61 bits per heavy atom. The third-order valence-corrected chi connectivity index (χ3v) is 5.56. The van der Waals surface area contributed by atoms with E-state index in [4.69, 9.17) is 9.84 Å². The molecule has 0 aliphatic heterocycles. The number of nitrogens with zero attached hydrogens (tertiary/aromatic N) is 1. The number of amides is 1. The number of nitrogens with one attached hydrogen (secondary N) is 1. The summed E-state index contributed by atoms with van der Waals surface area (Å²) in [7, 11) is 0. The van der Waals surface area contributed by atoms with Crippen molar-refractivity contribution in [1.29, 1.82) is 0 Å². The van der Waals surface area contributed by atoms with Crippen LogP contribution in [-0.4, -0.2) is 28.8 Å². The average Bonchev–Trinajstić information content (AvgIpc) is 3.11. The van der Waals surface area contributed by atoms with E-state index in [1.54, 1.807) is 18.2 Å². The Morgan fingerprint density at radius 1 is 0.935 bits per heavy atom. The van der Waals surface area contributed by atoms with Crippen molar-refractivity contribution in [3.8, 4) is 11.1 Å². The first kappa shape index (κ1) is 18.8. The molecule has 2 N–H and O–H groups in total. The van der Waals surface area contributed by atoms with Gasteiger partial charge in [-0.25, -0.2) is 14.6 Å². The molecule has 1 heterocycles. The molecule has 6 heteroatoms. The van der Waals surface area contributed by atoms with E-state index in [9.17, 15) is 9.59 Å². The lowest BCUT2D eigenvalue weighted by atomic mass is 9.98. The quantitative estimate of drug-likeness (QED) is 0.477. The fourth-order valence-corrected chi connectivity index (χ4v) is 4.14. The number of aromatic nitrogens is 1. The number of fused-ring (bicyclic) bond motifs is 4. The summed E-state index contributed by atoms with van der Waals surface area (Å²) in [6, 6.07) is 23.0. The Bertz CT molecular complexity index is 1290. The molecule has 5 rings (SSSR count). The van der Waals surface area contributed by atoms with Crippen molar-refractivity contribution in [2.45, 2.75) is 5.92 Å². The summed E-state index contributed by atoms with van der Waals surface area (Å²) in [4.78, 5) is 27.6. The van der Waals surface area contributed by atoms with Crippen molar-refractivity contribution in [2.24, 2.45) is 0 Å². The number of carboxylic acids is 1. The maximum absolute atomic E-state index is 12.6. The Kier molecular flexibility index (Phi) is 4.59. The molecule has 152 valence electrons. The largest absolute Gasteiger partial charge is 0.477 e. The third-order valence-electron chi connectivity index (χ3n) is 5.56. The van der Waals surface area contributed by atoms with Crippen LogP contribution in [0, 0.1) is 0 Å². The fraction of sp³-hybridized carbons (Fsp3) is 0.0800. The van der Waals surface area contributed by atoms with Crippen LogP contribution in [0.5, 0.6) is 0 Å². The van der Waals surface area contributed by atoms with Crippen molar-refractivity contribution in [2.75, 3.05) is 11.9 Å². The molecule has 4 aromatic rings. The van der Waals surface area contributed by atoms with Gasteiger partial charge in [-0.2, -0.15) is 0 Å². The molecular formula is C25H18N2O4. The second-order valence-corrected chi connectivity index (χ2v) is 7.35. The molecule has 0 radical (unpaired) electrons. The smallest absolute Gasteiger partial charge is 0.411 e. The molecule has 0 saturated heterocycles. The molecular weight excluding hydrogens is 392 g/mol. The molecule has 0 fully saturated rings. The first-order valence-electron chi connectivity index (χ1n) is 9.86. The van der Waals surface area contributed by atoms with Gasteiger partial charge in [0.2, 0.25) is 0 Å². The van der Waals surface area contributed by atoms with Gasteiger partial charge in [0.05, 0.1) is 5.69 Å². The average molecular weight is 410 g/mol. The molecule has 1 aromatic heterocycles. The highest BCUT2D eigenvalue weighted by atomic mass is 16.5. The molecule has 0 unspecified atom stereocenters. The molecule has 1 amide bonds. The summed E-state index contributed by atoms with van der Waals surface area (Å²) in [6.07, 6.45) is 0.870. The van der Waals surface area contributed by atoms with Gasteiger partial charge in [0.15, 0.2) is 0 Å². The highest BCUT2D eigenvalue weighted by Crippen LogP contribution is 2.44.